The van der Waals surface area contributed by atoms with Crippen molar-refractivity contribution in [2.75, 3.05) is 0 Å². The van der Waals surface area contributed by atoms with E-state index >= 15 is 0 Å². The maximum atomic E-state index is 13.9. The molecule has 0 amide bonds. The lowest BCUT2D eigenvalue weighted by Gasteiger charge is -2.21. The van der Waals surface area contributed by atoms with Gasteiger partial charge in [0.2, 0.25) is 0 Å². The van der Waals surface area contributed by atoms with Gasteiger partial charge in [-0.3, -0.25) is 0 Å². The monoisotopic (exact) mass is 358 g/mol. The van der Waals surface area contributed by atoms with E-state index in [0.29, 0.717) is 15.2 Å². The second-order valence-corrected chi connectivity index (χ2v) is 5.66. The van der Waals surface area contributed by atoms with Gasteiger partial charge in [0.1, 0.15) is 23.8 Å². The highest BCUT2D eigenvalue weighted by atomic mass is 79.9. The number of benzene rings is 2. The zero-order valence-electron chi connectivity index (χ0n) is 10.7. The van der Waals surface area contributed by atoms with Gasteiger partial charge in [-0.2, -0.15) is 0 Å². The molecule has 0 spiro atoms. The molecule has 0 aliphatic heterocycles. The molecule has 0 saturated carbocycles. The molecule has 0 radical (unpaired) electrons. The molecule has 0 bridgehead atoms. The van der Waals surface area contributed by atoms with Crippen LogP contribution < -0.4 is 4.74 Å². The Morgan fingerprint density at radius 3 is 2.65 bits per heavy atom. The molecule has 2 atom stereocenters. The first-order valence-electron chi connectivity index (χ1n) is 6.03. The minimum absolute atomic E-state index is 0.189. The van der Waals surface area contributed by atoms with Crippen molar-refractivity contribution >= 4 is 27.5 Å². The van der Waals surface area contributed by atoms with Crippen LogP contribution >= 0.6 is 27.5 Å². The van der Waals surface area contributed by atoms with Gasteiger partial charge < -0.3 is 9.84 Å². The third kappa shape index (κ3) is 3.51. The molecule has 0 fully saturated rings. The lowest BCUT2D eigenvalue weighted by atomic mass is 10.0. The highest BCUT2D eigenvalue weighted by molar-refractivity contribution is 9.10. The summed E-state index contributed by atoms with van der Waals surface area (Å²) in [5.74, 6) is 0.0426. The molecule has 0 saturated heterocycles. The third-order valence-electron chi connectivity index (χ3n) is 2.86. The van der Waals surface area contributed by atoms with Gasteiger partial charge in [0, 0.05) is 10.6 Å². The summed E-state index contributed by atoms with van der Waals surface area (Å²) < 4.78 is 19.8. The van der Waals surface area contributed by atoms with Crippen LogP contribution in [0.15, 0.2) is 46.9 Å². The Morgan fingerprint density at radius 1 is 1.25 bits per heavy atom. The fourth-order valence-corrected chi connectivity index (χ4v) is 2.38. The van der Waals surface area contributed by atoms with Crippen LogP contribution in [0.25, 0.3) is 0 Å². The molecule has 2 nitrogen and oxygen atoms in total. The summed E-state index contributed by atoms with van der Waals surface area (Å²) in [4.78, 5) is 0. The molecule has 2 aromatic carbocycles. The van der Waals surface area contributed by atoms with Crippen molar-refractivity contribution < 1.29 is 14.2 Å². The molecule has 2 unspecified atom stereocenters. The summed E-state index contributed by atoms with van der Waals surface area (Å²) in [5.41, 5.74) is 0.189. The van der Waals surface area contributed by atoms with E-state index in [9.17, 15) is 9.50 Å². The second kappa shape index (κ2) is 6.57. The van der Waals surface area contributed by atoms with Crippen LogP contribution in [0.2, 0.25) is 5.02 Å². The van der Waals surface area contributed by atoms with Crippen molar-refractivity contribution in [3.8, 4) is 5.75 Å². The van der Waals surface area contributed by atoms with Gasteiger partial charge in [0.05, 0.1) is 4.47 Å². The fraction of sp³-hybridized carbons (Fsp3) is 0.200. The van der Waals surface area contributed by atoms with Crippen LogP contribution in [0.5, 0.6) is 5.75 Å². The van der Waals surface area contributed by atoms with Crippen LogP contribution in [0.1, 0.15) is 18.6 Å². The van der Waals surface area contributed by atoms with Crippen LogP contribution in [-0.4, -0.2) is 11.2 Å². The average Bonchev–Trinajstić information content (AvgIpc) is 2.41. The first kappa shape index (κ1) is 15.3. The summed E-state index contributed by atoms with van der Waals surface area (Å²) in [5, 5.41) is 10.7. The Morgan fingerprint density at radius 2 is 1.95 bits per heavy atom. The molecular formula is C15H13BrClFO2. The zero-order valence-corrected chi connectivity index (χ0v) is 13.0. The fourth-order valence-electron chi connectivity index (χ4n) is 1.82. The number of hydrogen-bond acceptors (Lipinski definition) is 2. The van der Waals surface area contributed by atoms with Crippen LogP contribution in [-0.2, 0) is 0 Å². The quantitative estimate of drug-likeness (QED) is 0.854. The standard InChI is InChI=1S/C15H13BrClFO2/c1-9(20-11-5-2-4-10(17)8-11)15(19)12-6-3-7-13(16)14(12)18/h2-9,15,19H,1H3. The zero-order chi connectivity index (χ0) is 14.7. The van der Waals surface area contributed by atoms with Gasteiger partial charge >= 0.3 is 0 Å². The lowest BCUT2D eigenvalue weighted by Crippen LogP contribution is -2.22. The predicted molar refractivity (Wildman–Crippen MR) is 80.6 cm³/mol. The minimum atomic E-state index is -1.08. The van der Waals surface area contributed by atoms with E-state index in [-0.39, 0.29) is 5.56 Å². The molecule has 2 rings (SSSR count). The van der Waals surface area contributed by atoms with Crippen molar-refractivity contribution in [1.29, 1.82) is 0 Å². The maximum absolute atomic E-state index is 13.9. The smallest absolute Gasteiger partial charge is 0.143 e. The van der Waals surface area contributed by atoms with Gasteiger partial charge in [-0.15, -0.1) is 0 Å². The normalized spacial score (nSPS) is 13.8. The number of ether oxygens (including phenoxy) is 1. The Labute approximate surface area is 130 Å². The average molecular weight is 360 g/mol. The lowest BCUT2D eigenvalue weighted by molar-refractivity contribution is 0.0443. The number of aliphatic hydroxyl groups excluding tert-OH is 1. The van der Waals surface area contributed by atoms with E-state index in [0.717, 1.165) is 0 Å². The van der Waals surface area contributed by atoms with Crippen LogP contribution in [0.3, 0.4) is 0 Å². The summed E-state index contributed by atoms with van der Waals surface area (Å²) in [6.07, 6.45) is -1.69. The van der Waals surface area contributed by atoms with Crippen LogP contribution in [0.4, 0.5) is 4.39 Å². The van der Waals surface area contributed by atoms with E-state index in [2.05, 4.69) is 15.9 Å². The molecule has 0 aromatic heterocycles. The Bertz CT molecular complexity index is 606. The van der Waals surface area contributed by atoms with Gasteiger partial charge in [-0.25, -0.2) is 4.39 Å². The summed E-state index contributed by atoms with van der Waals surface area (Å²) in [6, 6.07) is 11.6. The first-order chi connectivity index (χ1) is 9.49. The van der Waals surface area contributed by atoms with E-state index < -0.39 is 18.0 Å². The molecule has 5 heteroatoms. The van der Waals surface area contributed by atoms with E-state index in [1.807, 2.05) is 0 Å². The van der Waals surface area contributed by atoms with E-state index in [1.165, 1.54) is 6.07 Å². The molecule has 106 valence electrons. The topological polar surface area (TPSA) is 29.5 Å². The van der Waals surface area contributed by atoms with Crippen LogP contribution in [0, 0.1) is 5.82 Å². The second-order valence-electron chi connectivity index (χ2n) is 4.37. The molecule has 20 heavy (non-hydrogen) atoms. The van der Waals surface area contributed by atoms with Crippen molar-refractivity contribution in [3.05, 3.63) is 63.3 Å². The van der Waals surface area contributed by atoms with Gasteiger partial charge in [0.15, 0.2) is 0 Å². The Balaban J connectivity index is 2.16. The van der Waals surface area contributed by atoms with Crippen molar-refractivity contribution in [2.45, 2.75) is 19.1 Å². The number of halogens is 3. The van der Waals surface area contributed by atoms with Crippen molar-refractivity contribution in [2.24, 2.45) is 0 Å². The van der Waals surface area contributed by atoms with Gasteiger partial charge in [-0.1, -0.05) is 29.8 Å². The van der Waals surface area contributed by atoms with Crippen molar-refractivity contribution in [3.63, 3.8) is 0 Å². The summed E-state index contributed by atoms with van der Waals surface area (Å²) in [6.45, 7) is 1.67. The molecule has 2 aromatic rings. The summed E-state index contributed by atoms with van der Waals surface area (Å²) >= 11 is 8.96. The molecular weight excluding hydrogens is 347 g/mol. The SMILES string of the molecule is CC(Oc1cccc(Cl)c1)C(O)c1cccc(Br)c1F. The molecule has 0 aliphatic carbocycles. The number of hydrogen-bond donors (Lipinski definition) is 1. The largest absolute Gasteiger partial charge is 0.488 e. The molecule has 0 aliphatic rings. The minimum Gasteiger partial charge on any atom is -0.488 e. The highest BCUT2D eigenvalue weighted by Crippen LogP contribution is 2.28. The maximum Gasteiger partial charge on any atom is 0.143 e. The van der Waals surface area contributed by atoms with Crippen molar-refractivity contribution in [1.82, 2.24) is 0 Å². The third-order valence-corrected chi connectivity index (χ3v) is 3.71. The molecule has 0 heterocycles. The Hall–Kier alpha value is -1.10. The number of rotatable bonds is 4. The summed E-state index contributed by atoms with van der Waals surface area (Å²) in [7, 11) is 0. The molecule has 1 N–H and O–H groups in total. The van der Waals surface area contributed by atoms with Gasteiger partial charge in [0.25, 0.3) is 0 Å². The van der Waals surface area contributed by atoms with E-state index in [4.69, 9.17) is 16.3 Å². The highest BCUT2D eigenvalue weighted by Gasteiger charge is 2.22. The predicted octanol–water partition coefficient (Wildman–Crippen LogP) is 4.74. The first-order valence-corrected chi connectivity index (χ1v) is 7.20. The van der Waals surface area contributed by atoms with E-state index in [1.54, 1.807) is 43.3 Å². The Kier molecular flexibility index (Phi) is 5.02. The van der Waals surface area contributed by atoms with Gasteiger partial charge in [-0.05, 0) is 47.1 Å². The number of aliphatic hydroxyl groups is 1.